The van der Waals surface area contributed by atoms with E-state index in [-0.39, 0.29) is 68.6 Å². The van der Waals surface area contributed by atoms with Gasteiger partial charge >= 0.3 is 11.9 Å². The molecule has 0 saturated carbocycles. The summed E-state index contributed by atoms with van der Waals surface area (Å²) >= 11 is 0. The summed E-state index contributed by atoms with van der Waals surface area (Å²) in [4.78, 5) is 266. The van der Waals surface area contributed by atoms with Crippen LogP contribution in [0.1, 0.15) is 259 Å². The van der Waals surface area contributed by atoms with Gasteiger partial charge in [0.05, 0.1) is 12.5 Å². The third-order valence-corrected chi connectivity index (χ3v) is 20.0. The normalized spacial score (nSPS) is 20.9. The van der Waals surface area contributed by atoms with Crippen molar-refractivity contribution in [1.29, 1.82) is 0 Å². The predicted octanol–water partition coefficient (Wildman–Crippen LogP) is -0.288. The number of nitrogens with one attached hydrogen (secondary N) is 14. The summed E-state index contributed by atoms with van der Waals surface area (Å²) in [7, 11) is 0. The fourth-order valence-corrected chi connectivity index (χ4v) is 13.0. The minimum Gasteiger partial charge on any atom is -0.481 e. The maximum absolute atomic E-state index is 15.0. The summed E-state index contributed by atoms with van der Waals surface area (Å²) in [5.41, 5.74) is 16.6. The number of ether oxygens (including phenoxy) is 1. The van der Waals surface area contributed by atoms with Gasteiger partial charge in [-0.05, 0) is 118 Å². The van der Waals surface area contributed by atoms with Gasteiger partial charge in [0.2, 0.25) is 100 Å². The molecular formula is C82H143N17O22. The number of carboxylic acid groups (broad SMARTS) is 1. The second-order valence-electron chi connectivity index (χ2n) is 34.5. The maximum Gasteiger partial charge on any atom is 0.329 e. The summed E-state index contributed by atoms with van der Waals surface area (Å²) in [6.45, 7) is 28.9. The van der Waals surface area contributed by atoms with E-state index in [1.165, 1.54) is 41.5 Å². The SMILES string of the molecule is CCCCCCCC(O)CC(=O)N[C@@H](CC(C)C)C(=O)N[C@H](CCC(=O)O)C(=O)N[C@H](CCC(N)=O)C(=O)N[C@@H](C(=O)N[C@H](CC(C)C)C(=O)N[C@@H](CCC(N)=O)C(=O)N[C@@H]1COC(=O)[C@H]([C@@H](C)CC)NC(=O)[C@@H](CCC(N)=O)NC(=O)[C@H](CC(C)C)NC(=O)[C@H](CC(C)C)NC(=O)[C@@H](C)NC(=O)[C@@H](CC(C)C)NC(=O)[C@@H](C(C)C)NC1=O)C(C)C. The van der Waals surface area contributed by atoms with Crippen LogP contribution in [0.3, 0.4) is 0 Å². The van der Waals surface area contributed by atoms with Gasteiger partial charge in [-0.2, -0.15) is 0 Å². The standard InChI is InChI=1S/C82H143N17O22/c1-19-21-22-23-24-25-50(100)39-64(104)87-55(34-41(3)4)75(113)91-54(29-33-65(105)106)70(108)88-52(27-31-62(84)102)72(110)97-66(46(13)14)80(118)95-59(38-45(11)12)77(115)89-51(26-30-61(83)101)71(109)96-60-40-121-82(120)68(48(17)20-2)99-73(111)53(28-32-63(85)103)90-76(114)58(37-44(9)10)93-78(116)57(36-43(7)8)92-69(107)49(18)86-74(112)56(35-42(5)6)94-81(119)67(47(15)16)98-79(60)117/h41-60,66-68,100H,19-40H2,1-18H3,(H2,83,101)(H2,84,102)(H2,85,103)(H,86,112)(H,87,104)(H,88,108)(H,89,115)(H,90,114)(H,91,113)(H,92,107)(H,93,116)(H,94,119)(H,95,118)(H,96,109)(H,97,110)(H,98,117)(H,99,111)(H,105,106)/t48-,49+,50?,51-,52+,53+,54+,55-,56+,57-,58-,59+,60+,66+,67+,68-/m0/s1. The molecule has 0 radical (unpaired) electrons. The molecule has 0 bridgehead atoms. The van der Waals surface area contributed by atoms with E-state index in [4.69, 9.17) is 21.9 Å². The number of esters is 1. The zero-order valence-electron chi connectivity index (χ0n) is 74.1. The van der Waals surface area contributed by atoms with Crippen LogP contribution >= 0.6 is 0 Å². The molecule has 39 nitrogen and oxygen atoms in total. The second kappa shape index (κ2) is 55.7. The molecule has 1 fully saturated rings. The number of aliphatic hydroxyl groups excluding tert-OH is 1. The lowest BCUT2D eigenvalue weighted by atomic mass is 9.97. The summed E-state index contributed by atoms with van der Waals surface area (Å²) < 4.78 is 5.79. The lowest BCUT2D eigenvalue weighted by Gasteiger charge is -2.30. The van der Waals surface area contributed by atoms with E-state index in [1.54, 1.807) is 76.2 Å². The molecule has 121 heavy (non-hydrogen) atoms. The molecule has 0 aromatic rings. The Bertz CT molecular complexity index is 3480. The Morgan fingerprint density at radius 3 is 1.28 bits per heavy atom. The van der Waals surface area contributed by atoms with Crippen molar-refractivity contribution in [3.63, 3.8) is 0 Å². The number of cyclic esters (lactones) is 1. The van der Waals surface area contributed by atoms with Gasteiger partial charge in [0.25, 0.3) is 0 Å². The molecule has 1 heterocycles. The first-order chi connectivity index (χ1) is 56.4. The molecule has 1 aliphatic heterocycles. The number of carbonyl (C=O) groups excluding carboxylic acids is 18. The van der Waals surface area contributed by atoms with Gasteiger partial charge in [-0.25, -0.2) is 4.79 Å². The van der Waals surface area contributed by atoms with Gasteiger partial charge in [-0.3, -0.25) is 86.3 Å². The van der Waals surface area contributed by atoms with E-state index in [1.807, 2.05) is 0 Å². The molecule has 1 rings (SSSR count). The van der Waals surface area contributed by atoms with Crippen molar-refractivity contribution in [1.82, 2.24) is 74.4 Å². The fourth-order valence-electron chi connectivity index (χ4n) is 13.0. The molecule has 1 aliphatic rings. The maximum atomic E-state index is 15.0. The summed E-state index contributed by atoms with van der Waals surface area (Å²) in [6.07, 6.45) is -0.946. The highest BCUT2D eigenvalue weighted by atomic mass is 16.5. The van der Waals surface area contributed by atoms with Crippen LogP contribution in [0.2, 0.25) is 0 Å². The number of rotatable bonds is 47. The molecule has 0 aromatic heterocycles. The zero-order chi connectivity index (χ0) is 92.4. The molecular weight excluding hydrogens is 1570 g/mol. The third kappa shape index (κ3) is 43.3. The minimum atomic E-state index is -2.07. The van der Waals surface area contributed by atoms with E-state index < -0.39 is 285 Å². The molecule has 39 heteroatoms. The van der Waals surface area contributed by atoms with Crippen molar-refractivity contribution in [2.75, 3.05) is 6.61 Å². The van der Waals surface area contributed by atoms with E-state index in [9.17, 15) is 91.7 Å². The Kier molecular flexibility index (Phi) is 50.2. The number of aliphatic hydroxyl groups is 1. The first-order valence-electron chi connectivity index (χ1n) is 42.6. The Morgan fingerprint density at radius 1 is 0.430 bits per heavy atom. The highest BCUT2D eigenvalue weighted by molar-refractivity contribution is 6.01. The van der Waals surface area contributed by atoms with Crippen LogP contribution in [0.25, 0.3) is 0 Å². The highest BCUT2D eigenvalue weighted by Crippen LogP contribution is 2.19. The van der Waals surface area contributed by atoms with Crippen LogP contribution in [0.15, 0.2) is 0 Å². The van der Waals surface area contributed by atoms with Gasteiger partial charge < -0.3 is 107 Å². The van der Waals surface area contributed by atoms with Crippen molar-refractivity contribution in [3.8, 4) is 0 Å². The Labute approximate surface area is 711 Å². The quantitative estimate of drug-likeness (QED) is 0.0275. The topological polar surface area (TPSA) is 620 Å². The van der Waals surface area contributed by atoms with Gasteiger partial charge in [0, 0.05) is 25.7 Å². The van der Waals surface area contributed by atoms with E-state index in [0.29, 0.717) is 12.8 Å². The highest BCUT2D eigenvalue weighted by Gasteiger charge is 2.41. The fraction of sp³-hybridized carbons (Fsp3) is 0.768. The minimum absolute atomic E-state index is 0.0202. The number of unbranched alkanes of at least 4 members (excludes halogenated alkanes) is 4. The van der Waals surface area contributed by atoms with Gasteiger partial charge in [0.15, 0.2) is 0 Å². The number of primary amides is 3. The van der Waals surface area contributed by atoms with Crippen molar-refractivity contribution in [2.45, 2.75) is 350 Å². The lowest BCUT2D eigenvalue weighted by Crippen LogP contribution is -2.62. The van der Waals surface area contributed by atoms with Crippen LogP contribution in [-0.4, -0.2) is 220 Å². The first kappa shape index (κ1) is 109. The van der Waals surface area contributed by atoms with Crippen LogP contribution in [0.4, 0.5) is 0 Å². The van der Waals surface area contributed by atoms with Crippen LogP contribution in [-0.2, 0) is 95.8 Å². The Hall–Kier alpha value is -10.1. The number of carboxylic acids is 1. The summed E-state index contributed by atoms with van der Waals surface area (Å²) in [5.74, 6) is -23.2. The average molecular weight is 1720 g/mol. The first-order valence-corrected chi connectivity index (χ1v) is 42.6. The zero-order valence-corrected chi connectivity index (χ0v) is 74.1. The van der Waals surface area contributed by atoms with Crippen LogP contribution in [0, 0.1) is 47.3 Å². The number of aliphatic carboxylic acids is 1. The largest absolute Gasteiger partial charge is 0.481 e. The molecule has 17 amide bonds. The van der Waals surface area contributed by atoms with E-state index in [2.05, 4.69) is 81.4 Å². The third-order valence-electron chi connectivity index (χ3n) is 20.0. The van der Waals surface area contributed by atoms with Crippen molar-refractivity contribution >= 4 is 112 Å². The van der Waals surface area contributed by atoms with Gasteiger partial charge in [0.1, 0.15) is 91.2 Å². The van der Waals surface area contributed by atoms with Crippen molar-refractivity contribution in [3.05, 3.63) is 0 Å². The number of hydrogen-bond acceptors (Lipinski definition) is 21. The molecule has 0 spiro atoms. The predicted molar refractivity (Wildman–Crippen MR) is 446 cm³/mol. The van der Waals surface area contributed by atoms with Crippen molar-refractivity contribution in [2.24, 2.45) is 64.5 Å². The van der Waals surface area contributed by atoms with Gasteiger partial charge in [-0.1, -0.05) is 156 Å². The second-order valence-corrected chi connectivity index (χ2v) is 34.5. The smallest absolute Gasteiger partial charge is 0.329 e. The molecule has 1 saturated heterocycles. The Morgan fingerprint density at radius 2 is 0.835 bits per heavy atom. The van der Waals surface area contributed by atoms with Crippen molar-refractivity contribution < 1.29 is 106 Å². The summed E-state index contributed by atoms with van der Waals surface area (Å²) in [5, 5.41) is 56.2. The lowest BCUT2D eigenvalue weighted by molar-refractivity contribution is -0.152. The number of carbonyl (C=O) groups is 19. The number of hydrogen-bond donors (Lipinski definition) is 19. The number of nitrogens with two attached hydrogens (primary N) is 3. The van der Waals surface area contributed by atoms with Crippen LogP contribution < -0.4 is 91.6 Å². The Balaban J connectivity index is 4.14. The van der Waals surface area contributed by atoms with Gasteiger partial charge in [-0.15, -0.1) is 0 Å². The molecule has 0 aromatic carbocycles. The molecule has 22 N–H and O–H groups in total. The molecule has 688 valence electrons. The monoisotopic (exact) mass is 1720 g/mol. The van der Waals surface area contributed by atoms with Crippen LogP contribution in [0.5, 0.6) is 0 Å². The summed E-state index contributed by atoms with van der Waals surface area (Å²) in [6, 6.07) is -22.1. The molecule has 16 atom stereocenters. The average Bonchev–Trinajstić information content (AvgIpc) is 1.42. The molecule has 1 unspecified atom stereocenters. The van der Waals surface area contributed by atoms with E-state index >= 15 is 9.59 Å². The number of amides is 17. The molecule has 0 aliphatic carbocycles. The van der Waals surface area contributed by atoms with E-state index in [0.717, 1.165) is 25.7 Å².